The monoisotopic (exact) mass is 544 g/mol. The molecule has 0 saturated carbocycles. The van der Waals surface area contributed by atoms with Crippen molar-refractivity contribution in [1.82, 2.24) is 25.3 Å². The first-order valence-electron chi connectivity index (χ1n) is 10.3. The van der Waals surface area contributed by atoms with Gasteiger partial charge >= 0.3 is 6.09 Å². The van der Waals surface area contributed by atoms with Crippen LogP contribution in [0.25, 0.3) is 5.69 Å². The number of carbonyl (C=O) groups excluding carboxylic acids is 1. The third-order valence-electron chi connectivity index (χ3n) is 4.99. The van der Waals surface area contributed by atoms with Gasteiger partial charge in [-0.2, -0.15) is 5.10 Å². The number of rotatable bonds is 6. The number of nitrogens with one attached hydrogen (secondary N) is 2. The smallest absolute Gasteiger partial charge is 0.409 e. The van der Waals surface area contributed by atoms with Crippen molar-refractivity contribution in [2.45, 2.75) is 32.2 Å². The lowest BCUT2D eigenvalue weighted by molar-refractivity contribution is 0.111. The van der Waals surface area contributed by atoms with E-state index in [1.807, 2.05) is 19.2 Å². The van der Waals surface area contributed by atoms with Gasteiger partial charge in [0.15, 0.2) is 5.96 Å². The third-order valence-corrected chi connectivity index (χ3v) is 4.99. The molecule has 1 amide bonds. The van der Waals surface area contributed by atoms with Gasteiger partial charge in [-0.05, 0) is 50.1 Å². The maximum atomic E-state index is 13.1. The number of halogens is 2. The molecule has 10 heteroatoms. The zero-order valence-electron chi connectivity index (χ0n) is 17.9. The van der Waals surface area contributed by atoms with Gasteiger partial charge in [0.25, 0.3) is 0 Å². The van der Waals surface area contributed by atoms with Crippen LogP contribution >= 0.6 is 24.0 Å². The Hall–Kier alpha value is -2.37. The molecular formula is C21H30FIN6O2. The van der Waals surface area contributed by atoms with E-state index in [0.717, 1.165) is 36.7 Å². The lowest BCUT2D eigenvalue weighted by Crippen LogP contribution is -2.49. The van der Waals surface area contributed by atoms with Gasteiger partial charge in [0.05, 0.1) is 18.5 Å². The summed E-state index contributed by atoms with van der Waals surface area (Å²) >= 11 is 0. The van der Waals surface area contributed by atoms with E-state index in [9.17, 15) is 9.18 Å². The molecule has 0 atom stereocenters. The molecule has 2 N–H and O–H groups in total. The average Bonchev–Trinajstić information content (AvgIpc) is 3.23. The molecule has 0 unspecified atom stereocenters. The highest BCUT2D eigenvalue weighted by molar-refractivity contribution is 14.0. The van der Waals surface area contributed by atoms with Crippen LogP contribution in [0.1, 0.15) is 25.5 Å². The summed E-state index contributed by atoms with van der Waals surface area (Å²) in [5.41, 5.74) is 1.74. The largest absolute Gasteiger partial charge is 0.453 e. The summed E-state index contributed by atoms with van der Waals surface area (Å²) in [4.78, 5) is 18.0. The average molecular weight is 544 g/mol. The first-order chi connectivity index (χ1) is 14.6. The van der Waals surface area contributed by atoms with Gasteiger partial charge in [-0.25, -0.2) is 13.9 Å². The Balaban J connectivity index is 0.00000341. The van der Waals surface area contributed by atoms with Gasteiger partial charge < -0.3 is 20.3 Å². The second kappa shape index (κ2) is 12.5. The number of ether oxygens (including phenoxy) is 1. The van der Waals surface area contributed by atoms with E-state index in [-0.39, 0.29) is 41.9 Å². The number of likely N-dealkylation sites (tertiary alicyclic amines) is 1. The van der Waals surface area contributed by atoms with E-state index in [4.69, 9.17) is 4.74 Å². The summed E-state index contributed by atoms with van der Waals surface area (Å²) in [6.45, 7) is 4.74. The second-order valence-electron chi connectivity index (χ2n) is 7.11. The molecule has 0 spiro atoms. The Kier molecular flexibility index (Phi) is 10.0. The number of guanidine groups is 1. The van der Waals surface area contributed by atoms with Crippen LogP contribution in [0.3, 0.4) is 0 Å². The quantitative estimate of drug-likeness (QED) is 0.332. The molecule has 2 aromatic rings. The van der Waals surface area contributed by atoms with Crippen molar-refractivity contribution >= 4 is 36.0 Å². The molecule has 3 rings (SSSR count). The Labute approximate surface area is 199 Å². The van der Waals surface area contributed by atoms with E-state index in [0.29, 0.717) is 26.1 Å². The number of amides is 1. The topological polar surface area (TPSA) is 83.8 Å². The predicted molar refractivity (Wildman–Crippen MR) is 129 cm³/mol. The van der Waals surface area contributed by atoms with Crippen molar-refractivity contribution in [2.24, 2.45) is 4.99 Å². The first kappa shape index (κ1) is 24.9. The normalized spacial score (nSPS) is 14.7. The van der Waals surface area contributed by atoms with E-state index >= 15 is 0 Å². The predicted octanol–water partition coefficient (Wildman–Crippen LogP) is 2.96. The molecule has 1 fully saturated rings. The highest BCUT2D eigenvalue weighted by Crippen LogP contribution is 2.12. The van der Waals surface area contributed by atoms with E-state index in [1.54, 1.807) is 21.7 Å². The van der Waals surface area contributed by atoms with Gasteiger partial charge in [-0.15, -0.1) is 24.0 Å². The Morgan fingerprint density at radius 1 is 1.26 bits per heavy atom. The number of carbonyl (C=O) groups is 1. The fourth-order valence-corrected chi connectivity index (χ4v) is 3.36. The first-order valence-corrected chi connectivity index (χ1v) is 10.3. The molecule has 1 saturated heterocycles. The maximum Gasteiger partial charge on any atom is 0.409 e. The van der Waals surface area contributed by atoms with Gasteiger partial charge in [0.2, 0.25) is 0 Å². The molecule has 0 bridgehead atoms. The number of hydrogen-bond acceptors (Lipinski definition) is 4. The molecular weight excluding hydrogens is 514 g/mol. The van der Waals surface area contributed by atoms with Gasteiger partial charge in [0, 0.05) is 44.8 Å². The number of piperidine rings is 1. The van der Waals surface area contributed by atoms with E-state index in [2.05, 4.69) is 20.7 Å². The van der Waals surface area contributed by atoms with Gasteiger partial charge in [0.1, 0.15) is 5.82 Å². The molecule has 1 aromatic carbocycles. The fourth-order valence-electron chi connectivity index (χ4n) is 3.36. The minimum atomic E-state index is -0.269. The van der Waals surface area contributed by atoms with Crippen LogP contribution < -0.4 is 10.6 Å². The minimum Gasteiger partial charge on any atom is -0.453 e. The summed E-state index contributed by atoms with van der Waals surface area (Å²) in [5.74, 6) is 0.506. The Morgan fingerprint density at radius 2 is 1.97 bits per heavy atom. The second-order valence-corrected chi connectivity index (χ2v) is 7.11. The summed E-state index contributed by atoms with van der Waals surface area (Å²) in [7, 11) is 1.41. The van der Waals surface area contributed by atoms with Gasteiger partial charge in [-0.1, -0.05) is 0 Å². The number of aliphatic imine (C=N–C) groups is 1. The fraction of sp³-hybridized carbons (Fsp3) is 0.476. The van der Waals surface area contributed by atoms with Crippen molar-refractivity contribution in [3.05, 3.63) is 48.0 Å². The molecule has 2 heterocycles. The van der Waals surface area contributed by atoms with Crippen LogP contribution in [-0.4, -0.2) is 66.1 Å². The Morgan fingerprint density at radius 3 is 2.61 bits per heavy atom. The van der Waals surface area contributed by atoms with Crippen molar-refractivity contribution in [3.63, 3.8) is 0 Å². The summed E-state index contributed by atoms with van der Waals surface area (Å²) in [5, 5.41) is 11.3. The highest BCUT2D eigenvalue weighted by atomic mass is 127. The van der Waals surface area contributed by atoms with E-state index < -0.39 is 0 Å². The van der Waals surface area contributed by atoms with Gasteiger partial charge in [-0.3, -0.25) is 4.99 Å². The molecule has 0 aliphatic carbocycles. The van der Waals surface area contributed by atoms with Crippen molar-refractivity contribution in [1.29, 1.82) is 0 Å². The van der Waals surface area contributed by atoms with Crippen molar-refractivity contribution < 1.29 is 13.9 Å². The molecule has 1 aliphatic heterocycles. The molecule has 1 aromatic heterocycles. The van der Waals surface area contributed by atoms with Crippen LogP contribution in [-0.2, 0) is 11.2 Å². The number of hydrogen-bond donors (Lipinski definition) is 2. The molecule has 31 heavy (non-hydrogen) atoms. The zero-order chi connectivity index (χ0) is 21.3. The number of nitrogens with zero attached hydrogens (tertiary/aromatic N) is 4. The zero-order valence-corrected chi connectivity index (χ0v) is 20.2. The molecule has 170 valence electrons. The highest BCUT2D eigenvalue weighted by Gasteiger charge is 2.23. The third kappa shape index (κ3) is 7.37. The molecule has 8 nitrogen and oxygen atoms in total. The summed E-state index contributed by atoms with van der Waals surface area (Å²) in [6.07, 6.45) is 3.99. The Bertz CT molecular complexity index is 850. The van der Waals surface area contributed by atoms with Crippen molar-refractivity contribution in [3.8, 4) is 5.69 Å². The van der Waals surface area contributed by atoms with Crippen LogP contribution in [0.15, 0.2) is 41.5 Å². The maximum absolute atomic E-state index is 13.1. The minimum absolute atomic E-state index is 0. The number of aromatic nitrogens is 2. The van der Waals surface area contributed by atoms with E-state index in [1.165, 1.54) is 19.2 Å². The summed E-state index contributed by atoms with van der Waals surface area (Å²) in [6, 6.07) is 8.45. The lowest BCUT2D eigenvalue weighted by Gasteiger charge is -2.32. The van der Waals surface area contributed by atoms with Crippen LogP contribution in [0.4, 0.5) is 9.18 Å². The lowest BCUT2D eigenvalue weighted by atomic mass is 10.1. The summed E-state index contributed by atoms with van der Waals surface area (Å²) < 4.78 is 19.6. The van der Waals surface area contributed by atoms with Crippen LogP contribution in [0.2, 0.25) is 0 Å². The molecule has 1 aliphatic rings. The van der Waals surface area contributed by atoms with Crippen molar-refractivity contribution in [2.75, 3.05) is 33.3 Å². The number of methoxy groups -OCH3 is 1. The number of benzene rings is 1. The standard InChI is InChI=1S/C21H29FN6O2.HI/c1-3-23-20(25-17-9-13-27(14-10-17)21(29)30-2)24-12-8-18-11-15-28(26-18)19-6-4-16(22)5-7-19;/h4-7,11,15,17H,3,8-10,12-14H2,1-2H3,(H2,23,24,25);1H. The van der Waals surface area contributed by atoms with Crippen LogP contribution in [0.5, 0.6) is 0 Å². The van der Waals surface area contributed by atoms with Crippen LogP contribution in [0, 0.1) is 5.82 Å². The SMILES string of the molecule is CCNC(=NCCc1ccn(-c2ccc(F)cc2)n1)NC1CCN(C(=O)OC)CC1.I. The molecule has 0 radical (unpaired) electrons.